The molecule has 24 heavy (non-hydrogen) atoms. The van der Waals surface area contributed by atoms with Crippen LogP contribution < -0.4 is 4.90 Å². The molecule has 0 bridgehead atoms. The number of carbonyl (C=O) groups is 1. The number of nitrogens with zero attached hydrogens (tertiary/aromatic N) is 5. The van der Waals surface area contributed by atoms with Crippen molar-refractivity contribution in [1.82, 2.24) is 19.1 Å². The number of hydrogen-bond acceptors (Lipinski definition) is 4. The maximum atomic E-state index is 12.6. The summed E-state index contributed by atoms with van der Waals surface area (Å²) in [5, 5.41) is 4.36. The number of rotatable bonds is 6. The smallest absolute Gasteiger partial charge is 0.245 e. The first kappa shape index (κ1) is 18.5. The third-order valence-corrected chi connectivity index (χ3v) is 4.66. The van der Waals surface area contributed by atoms with Crippen LogP contribution >= 0.6 is 11.6 Å². The zero-order chi connectivity index (χ0) is 17.9. The van der Waals surface area contributed by atoms with Gasteiger partial charge in [-0.15, -0.1) is 0 Å². The molecular formula is C14H18ClN5O3S. The summed E-state index contributed by atoms with van der Waals surface area (Å²) in [5.74, 6) is -0.352. The van der Waals surface area contributed by atoms with Crippen LogP contribution in [0, 0.1) is 0 Å². The van der Waals surface area contributed by atoms with Crippen molar-refractivity contribution < 1.29 is 13.6 Å². The summed E-state index contributed by atoms with van der Waals surface area (Å²) < 4.78 is 22.9. The molecule has 0 fully saturated rings. The number of aromatic nitrogens is 3. The van der Waals surface area contributed by atoms with E-state index in [-0.39, 0.29) is 11.1 Å². The molecule has 0 aliphatic heterocycles. The highest BCUT2D eigenvalue weighted by molar-refractivity contribution is 7.76. The quantitative estimate of drug-likeness (QED) is 0.781. The number of hydrogen-bond donors (Lipinski definition) is 1. The molecule has 1 amide bonds. The van der Waals surface area contributed by atoms with Crippen LogP contribution in [0.3, 0.4) is 0 Å². The lowest BCUT2D eigenvalue weighted by Crippen LogP contribution is -2.46. The van der Waals surface area contributed by atoms with Gasteiger partial charge in [0.05, 0.1) is 18.1 Å². The van der Waals surface area contributed by atoms with Gasteiger partial charge in [0.25, 0.3) is 0 Å². The van der Waals surface area contributed by atoms with Crippen molar-refractivity contribution in [3.05, 3.63) is 35.9 Å². The molecule has 0 spiro atoms. The molecule has 0 aromatic carbocycles. The normalized spacial score (nSPS) is 13.8. The Bertz CT molecular complexity index is 739. The van der Waals surface area contributed by atoms with E-state index in [2.05, 4.69) is 10.1 Å². The number of anilines is 1. The van der Waals surface area contributed by atoms with Crippen LogP contribution in [-0.4, -0.2) is 53.4 Å². The largest absolute Gasteiger partial charge is 0.307 e. The summed E-state index contributed by atoms with van der Waals surface area (Å²) in [6, 6.07) is 2.78. The van der Waals surface area contributed by atoms with E-state index in [0.717, 1.165) is 4.31 Å². The van der Waals surface area contributed by atoms with Crippen molar-refractivity contribution >= 4 is 34.5 Å². The lowest BCUT2D eigenvalue weighted by Gasteiger charge is -2.26. The summed E-state index contributed by atoms with van der Waals surface area (Å²) in [7, 11) is 1.40. The van der Waals surface area contributed by atoms with E-state index < -0.39 is 17.3 Å². The first-order valence-electron chi connectivity index (χ1n) is 7.17. The Morgan fingerprint density at radius 2 is 2.25 bits per heavy atom. The lowest BCUT2D eigenvalue weighted by atomic mass is 10.2. The van der Waals surface area contributed by atoms with Crippen molar-refractivity contribution in [1.29, 1.82) is 0 Å². The Balaban J connectivity index is 2.33. The highest BCUT2D eigenvalue weighted by atomic mass is 35.5. The molecule has 10 heteroatoms. The molecule has 2 aromatic heterocycles. The molecule has 2 aromatic rings. The van der Waals surface area contributed by atoms with Gasteiger partial charge in [0.2, 0.25) is 17.2 Å². The number of pyridine rings is 1. The van der Waals surface area contributed by atoms with E-state index >= 15 is 0 Å². The molecule has 8 nitrogen and oxygen atoms in total. The molecule has 2 atom stereocenters. The van der Waals surface area contributed by atoms with Crippen molar-refractivity contribution in [3.8, 4) is 5.69 Å². The molecule has 2 heterocycles. The average Bonchev–Trinajstić information content (AvgIpc) is 2.96. The summed E-state index contributed by atoms with van der Waals surface area (Å²) in [5.41, 5.74) is 1.13. The molecule has 0 radical (unpaired) electrons. The first-order chi connectivity index (χ1) is 11.4. The van der Waals surface area contributed by atoms with E-state index in [9.17, 15) is 9.00 Å². The molecule has 0 aliphatic rings. The highest BCUT2D eigenvalue weighted by Crippen LogP contribution is 2.26. The third-order valence-electron chi connectivity index (χ3n) is 3.58. The second kappa shape index (κ2) is 7.84. The fourth-order valence-corrected chi connectivity index (χ4v) is 2.70. The third kappa shape index (κ3) is 3.81. The molecule has 2 unspecified atom stereocenters. The van der Waals surface area contributed by atoms with Gasteiger partial charge in [0, 0.05) is 19.8 Å². The summed E-state index contributed by atoms with van der Waals surface area (Å²) >= 11 is 3.95. The van der Waals surface area contributed by atoms with Gasteiger partial charge < -0.3 is 4.90 Å². The van der Waals surface area contributed by atoms with Gasteiger partial charge >= 0.3 is 0 Å². The maximum Gasteiger partial charge on any atom is 0.245 e. The van der Waals surface area contributed by atoms with Crippen LogP contribution in [0.2, 0.25) is 5.15 Å². The second-order valence-electron chi connectivity index (χ2n) is 5.00. The van der Waals surface area contributed by atoms with Crippen LogP contribution in [0.1, 0.15) is 13.8 Å². The topological polar surface area (TPSA) is 91.6 Å². The SMILES string of the molecule is CCN(C(=O)C(C)N(C)S(=O)O)c1cn(-c2cccnc2)nc1Cl. The van der Waals surface area contributed by atoms with Crippen LogP contribution in [-0.2, 0) is 16.1 Å². The van der Waals surface area contributed by atoms with E-state index in [1.807, 2.05) is 6.07 Å². The number of halogens is 1. The predicted molar refractivity (Wildman–Crippen MR) is 92.4 cm³/mol. The van der Waals surface area contributed by atoms with Crippen molar-refractivity contribution in [2.75, 3.05) is 18.5 Å². The van der Waals surface area contributed by atoms with Gasteiger partial charge in [0.15, 0.2) is 5.15 Å². The Hall–Kier alpha value is -1.81. The minimum Gasteiger partial charge on any atom is -0.307 e. The maximum absolute atomic E-state index is 12.6. The molecule has 0 saturated carbocycles. The van der Waals surface area contributed by atoms with E-state index in [0.29, 0.717) is 17.9 Å². The van der Waals surface area contributed by atoms with Crippen LogP contribution in [0.15, 0.2) is 30.7 Å². The zero-order valence-electron chi connectivity index (χ0n) is 13.5. The second-order valence-corrected chi connectivity index (χ2v) is 6.39. The Morgan fingerprint density at radius 3 is 2.79 bits per heavy atom. The Labute approximate surface area is 147 Å². The summed E-state index contributed by atoms with van der Waals surface area (Å²) in [4.78, 5) is 18.1. The fourth-order valence-electron chi connectivity index (χ4n) is 2.11. The number of amides is 1. The Kier molecular flexibility index (Phi) is 6.05. The van der Waals surface area contributed by atoms with E-state index in [1.165, 1.54) is 16.6 Å². The average molecular weight is 372 g/mol. The molecule has 0 aliphatic carbocycles. The van der Waals surface area contributed by atoms with Gasteiger partial charge in [-0.05, 0) is 26.0 Å². The van der Waals surface area contributed by atoms with Crippen LogP contribution in [0.5, 0.6) is 0 Å². The number of carbonyl (C=O) groups excluding carboxylic acids is 1. The van der Waals surface area contributed by atoms with Gasteiger partial charge in [-0.3, -0.25) is 14.3 Å². The van der Waals surface area contributed by atoms with Crippen LogP contribution in [0.4, 0.5) is 5.69 Å². The van der Waals surface area contributed by atoms with Gasteiger partial charge in [-0.25, -0.2) is 8.89 Å². The monoisotopic (exact) mass is 371 g/mol. The molecule has 2 rings (SSSR count). The van der Waals surface area contributed by atoms with Gasteiger partial charge in [-0.2, -0.15) is 9.40 Å². The lowest BCUT2D eigenvalue weighted by molar-refractivity contribution is -0.121. The number of likely N-dealkylation sites (N-methyl/N-ethyl adjacent to an activating group) is 2. The first-order valence-corrected chi connectivity index (χ1v) is 8.61. The molecule has 130 valence electrons. The summed E-state index contributed by atoms with van der Waals surface area (Å²) in [6.07, 6.45) is 4.89. The minimum atomic E-state index is -2.24. The van der Waals surface area contributed by atoms with Crippen LogP contribution in [0.25, 0.3) is 5.69 Å². The molecular weight excluding hydrogens is 354 g/mol. The fraction of sp³-hybridized carbons (Fsp3) is 0.357. The molecule has 0 saturated heterocycles. The predicted octanol–water partition coefficient (Wildman–Crippen LogP) is 1.73. The zero-order valence-corrected chi connectivity index (χ0v) is 15.0. The van der Waals surface area contributed by atoms with Gasteiger partial charge in [0.1, 0.15) is 11.7 Å². The summed E-state index contributed by atoms with van der Waals surface area (Å²) in [6.45, 7) is 3.68. The van der Waals surface area contributed by atoms with Gasteiger partial charge in [-0.1, -0.05) is 11.6 Å². The van der Waals surface area contributed by atoms with Crippen molar-refractivity contribution in [2.24, 2.45) is 0 Å². The Morgan fingerprint density at radius 1 is 1.54 bits per heavy atom. The highest BCUT2D eigenvalue weighted by Gasteiger charge is 2.29. The molecule has 1 N–H and O–H groups in total. The standard InChI is InChI=1S/C14H18ClN5O3S/c1-4-19(14(21)10(2)18(3)24(22)23)12-9-20(17-13(12)15)11-6-5-7-16-8-11/h5-10H,4H2,1-3H3,(H,22,23). The van der Waals surface area contributed by atoms with E-state index in [4.69, 9.17) is 16.2 Å². The van der Waals surface area contributed by atoms with Crippen molar-refractivity contribution in [2.45, 2.75) is 19.9 Å². The van der Waals surface area contributed by atoms with E-state index in [1.54, 1.807) is 38.5 Å². The van der Waals surface area contributed by atoms with Crippen molar-refractivity contribution in [3.63, 3.8) is 0 Å². The minimum absolute atomic E-state index is 0.161.